The molecule has 166 valence electrons. The second-order valence-electron chi connectivity index (χ2n) is 7.02. The third-order valence-electron chi connectivity index (χ3n) is 4.66. The second kappa shape index (κ2) is 12.9. The Hall–Kier alpha value is -2.59. The lowest BCUT2D eigenvalue weighted by atomic mass is 9.97. The first-order valence-corrected chi connectivity index (χ1v) is 10.3. The average molecular weight is 439 g/mol. The van der Waals surface area contributed by atoms with E-state index in [0.29, 0.717) is 6.42 Å². The van der Waals surface area contributed by atoms with Gasteiger partial charge < -0.3 is 26.8 Å². The first-order valence-electron chi connectivity index (χ1n) is 9.70. The summed E-state index contributed by atoms with van der Waals surface area (Å²) in [4.78, 5) is 48.4. The van der Waals surface area contributed by atoms with Crippen LogP contribution >= 0.6 is 12.6 Å². The zero-order valence-corrected chi connectivity index (χ0v) is 18.0. The number of aliphatic carboxylic acids is 1. The highest BCUT2D eigenvalue weighted by molar-refractivity contribution is 7.80. The SMILES string of the molecule is CCC(C)C(NC(=O)C(Cc1ccccc1)NC(=O)C(N)CS)C(=O)NCC(=O)O. The van der Waals surface area contributed by atoms with Crippen molar-refractivity contribution in [2.75, 3.05) is 12.3 Å². The monoisotopic (exact) mass is 438 g/mol. The summed E-state index contributed by atoms with van der Waals surface area (Å²) in [7, 11) is 0. The number of amides is 3. The molecule has 0 radical (unpaired) electrons. The number of nitrogens with two attached hydrogens (primary N) is 1. The topological polar surface area (TPSA) is 151 Å². The molecule has 0 aromatic heterocycles. The standard InChI is InChI=1S/C20H30N4O5S/c1-3-12(2)17(20(29)22-10-16(25)26)24-19(28)15(23-18(27)14(21)11-30)9-13-7-5-4-6-8-13/h4-8,12,14-15,17,30H,3,9-11,21H2,1-2H3,(H,22,29)(H,23,27)(H,24,28)(H,25,26). The number of benzene rings is 1. The fourth-order valence-electron chi connectivity index (χ4n) is 2.65. The molecule has 4 unspecified atom stereocenters. The van der Waals surface area contributed by atoms with Crippen molar-refractivity contribution in [2.24, 2.45) is 11.7 Å². The Kier molecular flexibility index (Phi) is 10.9. The molecule has 1 aromatic rings. The van der Waals surface area contributed by atoms with Crippen LogP contribution < -0.4 is 21.7 Å². The number of carboxylic acid groups (broad SMARTS) is 1. The van der Waals surface area contributed by atoms with E-state index in [2.05, 4.69) is 28.6 Å². The molecule has 0 aliphatic carbocycles. The summed E-state index contributed by atoms with van der Waals surface area (Å²) in [5.41, 5.74) is 6.52. The fraction of sp³-hybridized carbons (Fsp3) is 0.500. The number of hydrogen-bond donors (Lipinski definition) is 6. The molecule has 10 heteroatoms. The number of nitrogens with one attached hydrogen (secondary N) is 3. The number of thiol groups is 1. The van der Waals surface area contributed by atoms with Gasteiger partial charge in [-0.25, -0.2) is 0 Å². The summed E-state index contributed by atoms with van der Waals surface area (Å²) in [5, 5.41) is 16.3. The molecule has 30 heavy (non-hydrogen) atoms. The smallest absolute Gasteiger partial charge is 0.322 e. The lowest BCUT2D eigenvalue weighted by molar-refractivity contribution is -0.139. The van der Waals surface area contributed by atoms with Gasteiger partial charge in [0.25, 0.3) is 0 Å². The van der Waals surface area contributed by atoms with Crippen molar-refractivity contribution in [3.63, 3.8) is 0 Å². The van der Waals surface area contributed by atoms with Crippen molar-refractivity contribution in [3.05, 3.63) is 35.9 Å². The predicted molar refractivity (Wildman–Crippen MR) is 116 cm³/mol. The molecule has 0 saturated carbocycles. The molecule has 4 atom stereocenters. The van der Waals surface area contributed by atoms with E-state index in [-0.39, 0.29) is 18.1 Å². The third-order valence-corrected chi connectivity index (χ3v) is 5.05. The van der Waals surface area contributed by atoms with Crippen LogP contribution in [-0.2, 0) is 25.6 Å². The quantitative estimate of drug-likeness (QED) is 0.247. The van der Waals surface area contributed by atoms with Crippen LogP contribution in [0.25, 0.3) is 0 Å². The highest BCUT2D eigenvalue weighted by atomic mass is 32.1. The maximum Gasteiger partial charge on any atom is 0.322 e. The summed E-state index contributed by atoms with van der Waals surface area (Å²) in [5.74, 6) is -3.02. The van der Waals surface area contributed by atoms with E-state index in [0.717, 1.165) is 5.56 Å². The zero-order valence-electron chi connectivity index (χ0n) is 17.1. The summed E-state index contributed by atoms with van der Waals surface area (Å²) in [6.45, 7) is 3.07. The van der Waals surface area contributed by atoms with Crippen molar-refractivity contribution in [3.8, 4) is 0 Å². The molecule has 0 heterocycles. The third kappa shape index (κ3) is 8.42. The molecule has 0 saturated heterocycles. The van der Waals surface area contributed by atoms with Crippen LogP contribution in [0.5, 0.6) is 0 Å². The molecule has 1 rings (SSSR count). The minimum atomic E-state index is -1.19. The Labute approximate surface area is 181 Å². The van der Waals surface area contributed by atoms with Gasteiger partial charge in [-0.15, -0.1) is 0 Å². The van der Waals surface area contributed by atoms with E-state index >= 15 is 0 Å². The lowest BCUT2D eigenvalue weighted by Gasteiger charge is -2.27. The minimum Gasteiger partial charge on any atom is -0.480 e. The van der Waals surface area contributed by atoms with Crippen molar-refractivity contribution >= 4 is 36.3 Å². The van der Waals surface area contributed by atoms with Gasteiger partial charge >= 0.3 is 5.97 Å². The Morgan fingerprint density at radius 3 is 2.23 bits per heavy atom. The van der Waals surface area contributed by atoms with Crippen LogP contribution in [0.1, 0.15) is 25.8 Å². The number of carboxylic acids is 1. The van der Waals surface area contributed by atoms with Crippen molar-refractivity contribution in [2.45, 2.75) is 44.8 Å². The summed E-state index contributed by atoms with van der Waals surface area (Å²) in [6, 6.07) is 6.29. The first kappa shape index (κ1) is 25.4. The Bertz CT molecular complexity index is 731. The molecular formula is C20H30N4O5S. The number of carbonyl (C=O) groups is 4. The molecule has 0 bridgehead atoms. The van der Waals surface area contributed by atoms with Crippen LogP contribution in [0.3, 0.4) is 0 Å². The molecule has 3 amide bonds. The molecular weight excluding hydrogens is 408 g/mol. The van der Waals surface area contributed by atoms with E-state index in [1.165, 1.54) is 0 Å². The molecule has 9 nitrogen and oxygen atoms in total. The Morgan fingerprint density at radius 2 is 1.70 bits per heavy atom. The highest BCUT2D eigenvalue weighted by Gasteiger charge is 2.30. The van der Waals surface area contributed by atoms with Gasteiger partial charge in [0.2, 0.25) is 17.7 Å². The summed E-state index contributed by atoms with van der Waals surface area (Å²) < 4.78 is 0. The summed E-state index contributed by atoms with van der Waals surface area (Å²) in [6.07, 6.45) is 0.771. The van der Waals surface area contributed by atoms with E-state index < -0.39 is 48.4 Å². The van der Waals surface area contributed by atoms with Gasteiger partial charge in [-0.3, -0.25) is 19.2 Å². The zero-order chi connectivity index (χ0) is 22.7. The van der Waals surface area contributed by atoms with Crippen molar-refractivity contribution in [1.82, 2.24) is 16.0 Å². The highest BCUT2D eigenvalue weighted by Crippen LogP contribution is 2.10. The van der Waals surface area contributed by atoms with E-state index in [1.54, 1.807) is 6.92 Å². The predicted octanol–water partition coefficient (Wildman–Crippen LogP) is -0.297. The van der Waals surface area contributed by atoms with Gasteiger partial charge in [-0.1, -0.05) is 50.6 Å². The van der Waals surface area contributed by atoms with E-state index in [1.807, 2.05) is 37.3 Å². The molecule has 1 aromatic carbocycles. The van der Waals surface area contributed by atoms with Crippen LogP contribution in [0, 0.1) is 5.92 Å². The number of carbonyl (C=O) groups excluding carboxylic acids is 3. The largest absolute Gasteiger partial charge is 0.480 e. The first-order chi connectivity index (χ1) is 14.2. The molecule has 0 fully saturated rings. The summed E-state index contributed by atoms with van der Waals surface area (Å²) >= 11 is 4.00. The van der Waals surface area contributed by atoms with E-state index in [4.69, 9.17) is 10.8 Å². The van der Waals surface area contributed by atoms with Gasteiger partial charge in [0.15, 0.2) is 0 Å². The van der Waals surface area contributed by atoms with Crippen LogP contribution in [0.4, 0.5) is 0 Å². The number of rotatable bonds is 12. The normalized spacial score (nSPS) is 14.7. The maximum atomic E-state index is 13.0. The van der Waals surface area contributed by atoms with Crippen LogP contribution in [0.15, 0.2) is 30.3 Å². The van der Waals surface area contributed by atoms with Gasteiger partial charge in [-0.05, 0) is 11.5 Å². The van der Waals surface area contributed by atoms with Crippen molar-refractivity contribution in [1.29, 1.82) is 0 Å². The molecule has 0 spiro atoms. The average Bonchev–Trinajstić information content (AvgIpc) is 2.74. The lowest BCUT2D eigenvalue weighted by Crippen LogP contribution is -2.58. The fourth-order valence-corrected chi connectivity index (χ4v) is 2.82. The second-order valence-corrected chi connectivity index (χ2v) is 7.39. The van der Waals surface area contributed by atoms with Gasteiger partial charge in [0.05, 0.1) is 6.04 Å². The molecule has 0 aliphatic heterocycles. The van der Waals surface area contributed by atoms with Crippen LogP contribution in [-0.4, -0.2) is 59.2 Å². The van der Waals surface area contributed by atoms with E-state index in [9.17, 15) is 19.2 Å². The Morgan fingerprint density at radius 1 is 1.07 bits per heavy atom. The van der Waals surface area contributed by atoms with Gasteiger partial charge in [0.1, 0.15) is 18.6 Å². The van der Waals surface area contributed by atoms with Gasteiger partial charge in [0, 0.05) is 12.2 Å². The van der Waals surface area contributed by atoms with Crippen LogP contribution in [0.2, 0.25) is 0 Å². The van der Waals surface area contributed by atoms with Gasteiger partial charge in [-0.2, -0.15) is 12.6 Å². The van der Waals surface area contributed by atoms with Crippen molar-refractivity contribution < 1.29 is 24.3 Å². The number of hydrogen-bond acceptors (Lipinski definition) is 6. The molecule has 6 N–H and O–H groups in total. The maximum absolute atomic E-state index is 13.0. The molecule has 0 aliphatic rings. The minimum absolute atomic E-state index is 0.110. The Balaban J connectivity index is 3.01.